The summed E-state index contributed by atoms with van der Waals surface area (Å²) in [7, 11) is 0. The van der Waals surface area contributed by atoms with Crippen molar-refractivity contribution in [2.24, 2.45) is 5.92 Å². The molecule has 2 nitrogen and oxygen atoms in total. The van der Waals surface area contributed by atoms with Gasteiger partial charge in [0.1, 0.15) is 0 Å². The first-order valence-corrected chi connectivity index (χ1v) is 4.97. The molecule has 0 saturated heterocycles. The van der Waals surface area contributed by atoms with E-state index >= 15 is 0 Å². The molecule has 13 heavy (non-hydrogen) atoms. The lowest BCUT2D eigenvalue weighted by Gasteiger charge is -2.10. The summed E-state index contributed by atoms with van der Waals surface area (Å²) in [6, 6.07) is 0. The predicted molar refractivity (Wildman–Crippen MR) is 52.3 cm³/mol. The number of esters is 1. The number of carbonyl (C=O) groups is 1. The third-order valence-electron chi connectivity index (χ3n) is 2.87. The van der Waals surface area contributed by atoms with E-state index < -0.39 is 0 Å². The van der Waals surface area contributed by atoms with E-state index in [1.54, 1.807) is 0 Å². The van der Waals surface area contributed by atoms with E-state index in [2.05, 4.69) is 13.8 Å². The SMILES string of the molecule is CCOC(=O)CC1CCC(C)=C1C. The number of hydrogen-bond donors (Lipinski definition) is 0. The molecule has 0 aromatic rings. The van der Waals surface area contributed by atoms with Crippen LogP contribution in [0.25, 0.3) is 0 Å². The molecule has 0 saturated carbocycles. The fourth-order valence-corrected chi connectivity index (χ4v) is 1.83. The summed E-state index contributed by atoms with van der Waals surface area (Å²) in [5.74, 6) is 0.389. The number of ether oxygens (including phenoxy) is 1. The zero-order chi connectivity index (χ0) is 9.84. The Morgan fingerprint density at radius 3 is 2.69 bits per heavy atom. The van der Waals surface area contributed by atoms with Gasteiger partial charge in [-0.1, -0.05) is 11.1 Å². The highest BCUT2D eigenvalue weighted by Crippen LogP contribution is 2.33. The van der Waals surface area contributed by atoms with Crippen LogP contribution in [-0.2, 0) is 9.53 Å². The molecule has 0 aromatic carbocycles. The van der Waals surface area contributed by atoms with E-state index in [1.807, 2.05) is 6.92 Å². The van der Waals surface area contributed by atoms with Gasteiger partial charge in [0.15, 0.2) is 0 Å². The summed E-state index contributed by atoms with van der Waals surface area (Å²) in [5, 5.41) is 0. The second-order valence-electron chi connectivity index (χ2n) is 3.71. The molecule has 0 N–H and O–H groups in total. The lowest BCUT2D eigenvalue weighted by Crippen LogP contribution is -2.10. The molecule has 0 fully saturated rings. The van der Waals surface area contributed by atoms with Gasteiger partial charge in [-0.15, -0.1) is 0 Å². The van der Waals surface area contributed by atoms with E-state index in [1.165, 1.54) is 11.1 Å². The van der Waals surface area contributed by atoms with E-state index in [-0.39, 0.29) is 5.97 Å². The smallest absolute Gasteiger partial charge is 0.306 e. The molecule has 1 aliphatic carbocycles. The van der Waals surface area contributed by atoms with E-state index in [9.17, 15) is 4.79 Å². The van der Waals surface area contributed by atoms with Gasteiger partial charge in [-0.2, -0.15) is 0 Å². The maximum Gasteiger partial charge on any atom is 0.306 e. The summed E-state index contributed by atoms with van der Waals surface area (Å²) in [5.41, 5.74) is 2.85. The number of hydrogen-bond acceptors (Lipinski definition) is 2. The molecule has 0 amide bonds. The third kappa shape index (κ3) is 2.58. The van der Waals surface area contributed by atoms with Gasteiger partial charge in [0.2, 0.25) is 0 Å². The average Bonchev–Trinajstić information content (AvgIpc) is 2.37. The van der Waals surface area contributed by atoms with Gasteiger partial charge in [0, 0.05) is 0 Å². The summed E-state index contributed by atoms with van der Waals surface area (Å²) in [4.78, 5) is 11.2. The Labute approximate surface area is 80.0 Å². The highest BCUT2D eigenvalue weighted by Gasteiger charge is 2.22. The van der Waals surface area contributed by atoms with Crippen LogP contribution in [0.1, 0.15) is 40.0 Å². The Hall–Kier alpha value is -0.790. The molecule has 0 bridgehead atoms. The molecular formula is C11H18O2. The average molecular weight is 182 g/mol. The monoisotopic (exact) mass is 182 g/mol. The topological polar surface area (TPSA) is 26.3 Å². The van der Waals surface area contributed by atoms with Crippen molar-refractivity contribution in [3.63, 3.8) is 0 Å². The maximum absolute atomic E-state index is 11.2. The Kier molecular flexibility index (Phi) is 3.52. The maximum atomic E-state index is 11.2. The number of rotatable bonds is 3. The summed E-state index contributed by atoms with van der Waals surface area (Å²) in [6.07, 6.45) is 2.84. The highest BCUT2D eigenvalue weighted by molar-refractivity contribution is 5.70. The second kappa shape index (κ2) is 4.45. The van der Waals surface area contributed by atoms with Gasteiger partial charge < -0.3 is 4.74 Å². The molecule has 0 aromatic heterocycles. The van der Waals surface area contributed by atoms with Gasteiger partial charge in [-0.25, -0.2) is 0 Å². The first-order valence-electron chi connectivity index (χ1n) is 4.97. The Morgan fingerprint density at radius 2 is 2.23 bits per heavy atom. The van der Waals surface area contributed by atoms with Crippen LogP contribution < -0.4 is 0 Å². The summed E-state index contributed by atoms with van der Waals surface area (Å²) >= 11 is 0. The van der Waals surface area contributed by atoms with E-state index in [0.29, 0.717) is 18.9 Å². The zero-order valence-corrected chi connectivity index (χ0v) is 8.72. The quantitative estimate of drug-likeness (QED) is 0.495. The molecule has 1 rings (SSSR count). The van der Waals surface area contributed by atoms with Gasteiger partial charge in [-0.3, -0.25) is 4.79 Å². The minimum Gasteiger partial charge on any atom is -0.466 e. The first-order chi connectivity index (χ1) is 6.15. The van der Waals surface area contributed by atoms with Crippen LogP contribution in [-0.4, -0.2) is 12.6 Å². The lowest BCUT2D eigenvalue weighted by molar-refractivity contribution is -0.143. The predicted octanol–water partition coefficient (Wildman–Crippen LogP) is 2.69. The standard InChI is InChI=1S/C11H18O2/c1-4-13-11(12)7-10-6-5-8(2)9(10)3/h10H,4-7H2,1-3H3. The van der Waals surface area contributed by atoms with Crippen LogP contribution in [0.3, 0.4) is 0 Å². The van der Waals surface area contributed by atoms with Crippen molar-refractivity contribution >= 4 is 5.97 Å². The van der Waals surface area contributed by atoms with Crippen LogP contribution in [0.2, 0.25) is 0 Å². The van der Waals surface area contributed by atoms with Crippen LogP contribution in [0, 0.1) is 5.92 Å². The number of carbonyl (C=O) groups excluding carboxylic acids is 1. The number of allylic oxidation sites excluding steroid dienone is 2. The Morgan fingerprint density at radius 1 is 1.54 bits per heavy atom. The van der Waals surface area contributed by atoms with E-state index in [0.717, 1.165) is 12.8 Å². The molecular weight excluding hydrogens is 164 g/mol. The van der Waals surface area contributed by atoms with Crippen LogP contribution >= 0.6 is 0 Å². The molecule has 0 heterocycles. The Bertz CT molecular complexity index is 228. The van der Waals surface area contributed by atoms with Crippen molar-refractivity contribution in [3.8, 4) is 0 Å². The first kappa shape index (κ1) is 10.3. The second-order valence-corrected chi connectivity index (χ2v) is 3.71. The van der Waals surface area contributed by atoms with Crippen LogP contribution in [0.4, 0.5) is 0 Å². The zero-order valence-electron chi connectivity index (χ0n) is 8.72. The largest absolute Gasteiger partial charge is 0.466 e. The molecule has 0 spiro atoms. The molecule has 2 heteroatoms. The molecule has 0 aliphatic heterocycles. The van der Waals surface area contributed by atoms with Gasteiger partial charge >= 0.3 is 5.97 Å². The Balaban J connectivity index is 2.43. The molecule has 0 radical (unpaired) electrons. The fraction of sp³-hybridized carbons (Fsp3) is 0.727. The minimum absolute atomic E-state index is 0.0541. The van der Waals surface area contributed by atoms with Crippen molar-refractivity contribution in [2.75, 3.05) is 6.61 Å². The highest BCUT2D eigenvalue weighted by atomic mass is 16.5. The molecule has 74 valence electrons. The van der Waals surface area contributed by atoms with Crippen molar-refractivity contribution in [2.45, 2.75) is 40.0 Å². The van der Waals surface area contributed by atoms with Crippen molar-refractivity contribution < 1.29 is 9.53 Å². The van der Waals surface area contributed by atoms with Crippen LogP contribution in [0.5, 0.6) is 0 Å². The fourth-order valence-electron chi connectivity index (χ4n) is 1.83. The van der Waals surface area contributed by atoms with Crippen LogP contribution in [0.15, 0.2) is 11.1 Å². The van der Waals surface area contributed by atoms with Crippen molar-refractivity contribution in [1.29, 1.82) is 0 Å². The normalized spacial score (nSPS) is 22.2. The lowest BCUT2D eigenvalue weighted by atomic mass is 9.99. The molecule has 1 atom stereocenters. The van der Waals surface area contributed by atoms with Gasteiger partial charge in [0.05, 0.1) is 13.0 Å². The van der Waals surface area contributed by atoms with Gasteiger partial charge in [0.25, 0.3) is 0 Å². The summed E-state index contributed by atoms with van der Waals surface area (Å²) in [6.45, 7) is 6.63. The van der Waals surface area contributed by atoms with Crippen molar-refractivity contribution in [3.05, 3.63) is 11.1 Å². The third-order valence-corrected chi connectivity index (χ3v) is 2.87. The minimum atomic E-state index is -0.0541. The molecule has 1 aliphatic rings. The summed E-state index contributed by atoms with van der Waals surface area (Å²) < 4.78 is 4.93. The van der Waals surface area contributed by atoms with Crippen molar-refractivity contribution in [1.82, 2.24) is 0 Å². The molecule has 1 unspecified atom stereocenters. The van der Waals surface area contributed by atoms with E-state index in [4.69, 9.17) is 4.74 Å². The van der Waals surface area contributed by atoms with Gasteiger partial charge in [-0.05, 0) is 39.5 Å².